The first-order valence-corrected chi connectivity index (χ1v) is 11.3. The third-order valence-electron chi connectivity index (χ3n) is 5.55. The van der Waals surface area contributed by atoms with Crippen molar-refractivity contribution in [1.29, 1.82) is 0 Å². The minimum atomic E-state index is -0.354. The summed E-state index contributed by atoms with van der Waals surface area (Å²) in [6.45, 7) is 3.78. The maximum Gasteiger partial charge on any atom is 0.231 e. The molecule has 3 aromatic heterocycles. The van der Waals surface area contributed by atoms with Crippen molar-refractivity contribution in [3.05, 3.63) is 108 Å². The second-order valence-corrected chi connectivity index (χ2v) is 8.04. The molecule has 0 saturated carbocycles. The highest BCUT2D eigenvalue weighted by Crippen LogP contribution is 2.33. The molecule has 5 rings (SSSR count). The van der Waals surface area contributed by atoms with E-state index in [1.54, 1.807) is 35.5 Å². The Hall–Kier alpha value is -4.92. The molecule has 0 aliphatic heterocycles. The van der Waals surface area contributed by atoms with Crippen molar-refractivity contribution in [2.75, 3.05) is 10.7 Å². The molecule has 0 atom stereocenters. The fraction of sp³-hybridized carbons (Fsp3) is 0.0741. The molecule has 0 unspecified atom stereocenters. The van der Waals surface area contributed by atoms with Gasteiger partial charge < -0.3 is 5.32 Å². The maximum atomic E-state index is 14.0. The molecule has 0 radical (unpaired) electrons. The Morgan fingerprint density at radius 3 is 2.50 bits per heavy atom. The van der Waals surface area contributed by atoms with Gasteiger partial charge in [-0.3, -0.25) is 10.4 Å². The number of halogens is 1. The Balaban J connectivity index is 1.66. The molecule has 0 saturated heterocycles. The van der Waals surface area contributed by atoms with Crippen LogP contribution in [0.5, 0.6) is 0 Å². The molecule has 0 amide bonds. The van der Waals surface area contributed by atoms with Gasteiger partial charge in [0, 0.05) is 36.0 Å². The van der Waals surface area contributed by atoms with Gasteiger partial charge in [0.1, 0.15) is 5.82 Å². The lowest BCUT2D eigenvalue weighted by atomic mass is 10.1. The minimum absolute atomic E-state index is 0.271. The third-order valence-corrected chi connectivity index (χ3v) is 5.55. The number of aromatic nitrogens is 5. The van der Waals surface area contributed by atoms with Crippen molar-refractivity contribution in [2.45, 2.75) is 13.8 Å². The SMILES string of the molecule is CC(=NNc1nc(Nc2cc(F)ccc2C)nc(-n2cccn2)c1-c1ccccc1)c1ccncc1. The number of nitrogens with one attached hydrogen (secondary N) is 2. The predicted octanol–water partition coefficient (Wildman–Crippen LogP) is 5.75. The fourth-order valence-corrected chi connectivity index (χ4v) is 3.66. The molecule has 178 valence electrons. The molecular formula is C27H23FN8. The third kappa shape index (κ3) is 4.95. The molecular weight excluding hydrogens is 455 g/mol. The second-order valence-electron chi connectivity index (χ2n) is 8.04. The molecule has 0 spiro atoms. The zero-order chi connectivity index (χ0) is 24.9. The number of aryl methyl sites for hydroxylation is 1. The molecule has 3 heterocycles. The average molecular weight is 479 g/mol. The van der Waals surface area contributed by atoms with Crippen molar-refractivity contribution >= 4 is 23.2 Å². The molecule has 0 aliphatic rings. The Bertz CT molecular complexity index is 1500. The highest BCUT2D eigenvalue weighted by atomic mass is 19.1. The van der Waals surface area contributed by atoms with Crippen LogP contribution in [0.15, 0.2) is 96.6 Å². The van der Waals surface area contributed by atoms with Crippen LogP contribution in [-0.2, 0) is 0 Å². The molecule has 0 aliphatic carbocycles. The van der Waals surface area contributed by atoms with Crippen LogP contribution in [0.25, 0.3) is 16.9 Å². The van der Waals surface area contributed by atoms with Crippen LogP contribution in [-0.4, -0.2) is 30.4 Å². The van der Waals surface area contributed by atoms with E-state index in [2.05, 4.69) is 25.9 Å². The van der Waals surface area contributed by atoms with Gasteiger partial charge in [-0.15, -0.1) is 0 Å². The Morgan fingerprint density at radius 2 is 1.75 bits per heavy atom. The van der Waals surface area contributed by atoms with E-state index < -0.39 is 0 Å². The predicted molar refractivity (Wildman–Crippen MR) is 139 cm³/mol. The van der Waals surface area contributed by atoms with E-state index in [0.29, 0.717) is 22.9 Å². The van der Waals surface area contributed by atoms with E-state index >= 15 is 0 Å². The summed E-state index contributed by atoms with van der Waals surface area (Å²) in [7, 11) is 0. The van der Waals surface area contributed by atoms with Crippen LogP contribution >= 0.6 is 0 Å². The minimum Gasteiger partial charge on any atom is -0.324 e. The summed E-state index contributed by atoms with van der Waals surface area (Å²) in [4.78, 5) is 13.6. The second kappa shape index (κ2) is 10.1. The van der Waals surface area contributed by atoms with Crippen molar-refractivity contribution in [2.24, 2.45) is 5.10 Å². The normalized spacial score (nSPS) is 11.4. The van der Waals surface area contributed by atoms with E-state index in [1.807, 2.05) is 62.4 Å². The van der Waals surface area contributed by atoms with Crippen molar-refractivity contribution in [3.8, 4) is 16.9 Å². The fourth-order valence-electron chi connectivity index (χ4n) is 3.66. The summed E-state index contributed by atoms with van der Waals surface area (Å²) in [5, 5.41) is 12.1. The standard InChI is InChI=1S/C27H23FN8/c1-18-9-10-22(28)17-23(18)31-27-32-25(35-34-19(2)20-11-14-29-15-12-20)24(21-7-4-3-5-8-21)26(33-27)36-16-6-13-30-36/h3-17H,1-2H3,(H2,31,32,33,35). The Morgan fingerprint density at radius 1 is 0.944 bits per heavy atom. The van der Waals surface area contributed by atoms with Gasteiger partial charge in [-0.1, -0.05) is 36.4 Å². The maximum absolute atomic E-state index is 14.0. The zero-order valence-electron chi connectivity index (χ0n) is 19.7. The molecule has 2 N–H and O–H groups in total. The number of hydrogen-bond acceptors (Lipinski definition) is 7. The average Bonchev–Trinajstić information content (AvgIpc) is 3.45. The van der Waals surface area contributed by atoms with Gasteiger partial charge >= 0.3 is 0 Å². The Labute approximate surface area is 207 Å². The summed E-state index contributed by atoms with van der Waals surface area (Å²) < 4.78 is 15.6. The van der Waals surface area contributed by atoms with Gasteiger partial charge in [-0.05, 0) is 55.3 Å². The molecule has 8 nitrogen and oxygen atoms in total. The lowest BCUT2D eigenvalue weighted by Gasteiger charge is -2.17. The first-order chi connectivity index (χ1) is 17.6. The van der Waals surface area contributed by atoms with Crippen molar-refractivity contribution in [3.63, 3.8) is 0 Å². The van der Waals surface area contributed by atoms with E-state index in [-0.39, 0.29) is 11.8 Å². The molecule has 36 heavy (non-hydrogen) atoms. The van der Waals surface area contributed by atoms with Crippen LogP contribution in [0.4, 0.5) is 21.8 Å². The molecule has 0 bridgehead atoms. The van der Waals surface area contributed by atoms with Crippen LogP contribution in [0.3, 0.4) is 0 Å². The lowest BCUT2D eigenvalue weighted by Crippen LogP contribution is -2.11. The number of hydrazone groups is 1. The van der Waals surface area contributed by atoms with Crippen LogP contribution in [0, 0.1) is 12.7 Å². The smallest absolute Gasteiger partial charge is 0.231 e. The van der Waals surface area contributed by atoms with Crippen molar-refractivity contribution < 1.29 is 4.39 Å². The summed E-state index contributed by atoms with van der Waals surface area (Å²) in [6.07, 6.45) is 6.92. The largest absolute Gasteiger partial charge is 0.324 e. The number of rotatable bonds is 7. The number of nitrogens with zero attached hydrogens (tertiary/aromatic N) is 6. The number of hydrogen-bond donors (Lipinski definition) is 2. The van der Waals surface area contributed by atoms with Gasteiger partial charge in [0.15, 0.2) is 11.6 Å². The van der Waals surface area contributed by atoms with E-state index in [0.717, 1.165) is 22.4 Å². The quantitative estimate of drug-likeness (QED) is 0.229. The molecule has 5 aromatic rings. The highest BCUT2D eigenvalue weighted by Gasteiger charge is 2.19. The van der Waals surface area contributed by atoms with Gasteiger partial charge in [0.25, 0.3) is 0 Å². The van der Waals surface area contributed by atoms with Gasteiger partial charge in [-0.25, -0.2) is 9.07 Å². The van der Waals surface area contributed by atoms with Gasteiger partial charge in [0.2, 0.25) is 5.95 Å². The van der Waals surface area contributed by atoms with Crippen LogP contribution in [0.2, 0.25) is 0 Å². The topological polar surface area (TPSA) is 92.9 Å². The van der Waals surface area contributed by atoms with Gasteiger partial charge in [0.05, 0.1) is 11.3 Å². The van der Waals surface area contributed by atoms with Crippen molar-refractivity contribution in [1.82, 2.24) is 24.7 Å². The highest BCUT2D eigenvalue weighted by molar-refractivity contribution is 5.99. The number of benzene rings is 2. The summed E-state index contributed by atoms with van der Waals surface area (Å²) in [6, 6.07) is 19.9. The summed E-state index contributed by atoms with van der Waals surface area (Å²) >= 11 is 0. The van der Waals surface area contributed by atoms with E-state index in [1.165, 1.54) is 12.1 Å². The van der Waals surface area contributed by atoms with Crippen LogP contribution < -0.4 is 10.7 Å². The van der Waals surface area contributed by atoms with Gasteiger partial charge in [-0.2, -0.15) is 20.2 Å². The summed E-state index contributed by atoms with van der Waals surface area (Å²) in [5.41, 5.74) is 7.83. The zero-order valence-corrected chi connectivity index (χ0v) is 19.7. The lowest BCUT2D eigenvalue weighted by molar-refractivity contribution is 0.628. The number of anilines is 3. The molecule has 0 fully saturated rings. The molecule has 9 heteroatoms. The summed E-state index contributed by atoms with van der Waals surface area (Å²) in [5.74, 6) is 0.920. The first-order valence-electron chi connectivity index (χ1n) is 11.3. The van der Waals surface area contributed by atoms with E-state index in [9.17, 15) is 4.39 Å². The monoisotopic (exact) mass is 478 g/mol. The van der Waals surface area contributed by atoms with E-state index in [4.69, 9.17) is 9.97 Å². The number of pyridine rings is 1. The van der Waals surface area contributed by atoms with Crippen LogP contribution in [0.1, 0.15) is 18.1 Å². The molecule has 2 aromatic carbocycles. The Kier molecular flexibility index (Phi) is 6.44. The first kappa shape index (κ1) is 22.9.